The SMILES string of the molecule is CS(=O)(=O)c1ccc(-c2cc(C(F)F)nn2-c2ccc(F)c(F)c2)cc1F. The highest BCUT2D eigenvalue weighted by Gasteiger charge is 2.21. The van der Waals surface area contributed by atoms with Crippen molar-refractivity contribution in [1.82, 2.24) is 9.78 Å². The second-order valence-corrected chi connectivity index (χ2v) is 7.67. The average Bonchev–Trinajstić information content (AvgIpc) is 3.01. The zero-order valence-electron chi connectivity index (χ0n) is 13.6. The summed E-state index contributed by atoms with van der Waals surface area (Å²) in [5.41, 5.74) is -0.745. The third-order valence-corrected chi connectivity index (χ3v) is 4.86. The quantitative estimate of drug-likeness (QED) is 0.612. The van der Waals surface area contributed by atoms with Crippen LogP contribution in [-0.2, 0) is 9.84 Å². The highest BCUT2D eigenvalue weighted by Crippen LogP contribution is 2.30. The molecule has 0 saturated carbocycles. The van der Waals surface area contributed by atoms with Crippen molar-refractivity contribution in [1.29, 1.82) is 0 Å². The summed E-state index contributed by atoms with van der Waals surface area (Å²) in [6.07, 6.45) is -2.14. The Balaban J connectivity index is 2.20. The molecule has 0 bridgehead atoms. The molecule has 4 nitrogen and oxygen atoms in total. The van der Waals surface area contributed by atoms with Gasteiger partial charge in [-0.15, -0.1) is 0 Å². The van der Waals surface area contributed by atoms with E-state index >= 15 is 0 Å². The monoisotopic (exact) mass is 402 g/mol. The molecule has 3 aromatic rings. The molecule has 27 heavy (non-hydrogen) atoms. The normalized spacial score (nSPS) is 12.0. The molecule has 3 rings (SSSR count). The van der Waals surface area contributed by atoms with Crippen LogP contribution in [-0.4, -0.2) is 24.5 Å². The minimum atomic E-state index is -3.82. The van der Waals surface area contributed by atoms with E-state index in [1.54, 1.807) is 0 Å². The largest absolute Gasteiger partial charge is 0.282 e. The smallest absolute Gasteiger partial charge is 0.233 e. The number of alkyl halides is 2. The summed E-state index contributed by atoms with van der Waals surface area (Å²) in [7, 11) is -3.82. The summed E-state index contributed by atoms with van der Waals surface area (Å²) < 4.78 is 90.9. The van der Waals surface area contributed by atoms with Gasteiger partial charge in [-0.2, -0.15) is 5.10 Å². The van der Waals surface area contributed by atoms with E-state index < -0.39 is 44.3 Å². The van der Waals surface area contributed by atoms with E-state index in [0.29, 0.717) is 0 Å². The van der Waals surface area contributed by atoms with Gasteiger partial charge in [0.1, 0.15) is 16.4 Å². The van der Waals surface area contributed by atoms with E-state index in [-0.39, 0.29) is 16.9 Å². The molecule has 0 spiro atoms. The van der Waals surface area contributed by atoms with Crippen LogP contribution in [0.5, 0.6) is 0 Å². The van der Waals surface area contributed by atoms with Crippen molar-refractivity contribution in [3.8, 4) is 16.9 Å². The van der Waals surface area contributed by atoms with E-state index in [9.17, 15) is 30.4 Å². The molecule has 1 heterocycles. The maximum atomic E-state index is 14.2. The molecule has 142 valence electrons. The number of benzene rings is 2. The first kappa shape index (κ1) is 19.0. The Hall–Kier alpha value is -2.75. The van der Waals surface area contributed by atoms with Crippen molar-refractivity contribution >= 4 is 9.84 Å². The summed E-state index contributed by atoms with van der Waals surface area (Å²) >= 11 is 0. The molecule has 0 atom stereocenters. The summed E-state index contributed by atoms with van der Waals surface area (Å²) in [6.45, 7) is 0. The van der Waals surface area contributed by atoms with Gasteiger partial charge in [0.25, 0.3) is 6.43 Å². The second-order valence-electron chi connectivity index (χ2n) is 5.68. The summed E-state index contributed by atoms with van der Waals surface area (Å²) in [5, 5.41) is 3.66. The lowest BCUT2D eigenvalue weighted by Gasteiger charge is -2.09. The summed E-state index contributed by atoms with van der Waals surface area (Å²) in [6, 6.07) is 6.67. The van der Waals surface area contributed by atoms with Crippen molar-refractivity contribution in [3.05, 3.63) is 65.6 Å². The number of aromatic nitrogens is 2. The van der Waals surface area contributed by atoms with Crippen LogP contribution in [0.25, 0.3) is 16.9 Å². The topological polar surface area (TPSA) is 52.0 Å². The fraction of sp³-hybridized carbons (Fsp3) is 0.118. The van der Waals surface area contributed by atoms with Crippen LogP contribution in [0.1, 0.15) is 12.1 Å². The van der Waals surface area contributed by atoms with Gasteiger partial charge in [-0.25, -0.2) is 35.1 Å². The van der Waals surface area contributed by atoms with E-state index in [1.807, 2.05) is 0 Å². The van der Waals surface area contributed by atoms with Crippen LogP contribution in [0.4, 0.5) is 22.0 Å². The van der Waals surface area contributed by atoms with Crippen LogP contribution in [0.2, 0.25) is 0 Å². The molecule has 0 radical (unpaired) electrons. The third-order valence-electron chi connectivity index (χ3n) is 3.73. The van der Waals surface area contributed by atoms with Gasteiger partial charge in [-0.3, -0.25) is 0 Å². The molecule has 0 aliphatic carbocycles. The highest BCUT2D eigenvalue weighted by molar-refractivity contribution is 7.90. The zero-order chi connectivity index (χ0) is 19.9. The van der Waals surface area contributed by atoms with Crippen LogP contribution >= 0.6 is 0 Å². The predicted octanol–water partition coefficient (Wildman–Crippen LogP) is 4.30. The van der Waals surface area contributed by atoms with Crippen LogP contribution < -0.4 is 0 Å². The van der Waals surface area contributed by atoms with Gasteiger partial charge in [0, 0.05) is 17.9 Å². The first-order valence-corrected chi connectivity index (χ1v) is 9.30. The van der Waals surface area contributed by atoms with Gasteiger partial charge in [-0.1, -0.05) is 6.07 Å². The lowest BCUT2D eigenvalue weighted by atomic mass is 10.1. The summed E-state index contributed by atoms with van der Waals surface area (Å²) in [5.74, 6) is -3.43. The Kier molecular flexibility index (Phi) is 4.77. The minimum Gasteiger partial charge on any atom is -0.233 e. The number of halogens is 5. The molecule has 10 heteroatoms. The maximum Gasteiger partial charge on any atom is 0.282 e. The molecule has 2 aromatic carbocycles. The van der Waals surface area contributed by atoms with Crippen molar-refractivity contribution in [2.75, 3.05) is 6.26 Å². The molecule has 0 fully saturated rings. The number of sulfone groups is 1. The molecule has 0 N–H and O–H groups in total. The first-order valence-electron chi connectivity index (χ1n) is 7.41. The molecule has 0 aliphatic heterocycles. The molecule has 0 unspecified atom stereocenters. The fourth-order valence-electron chi connectivity index (χ4n) is 2.49. The predicted molar refractivity (Wildman–Crippen MR) is 86.9 cm³/mol. The van der Waals surface area contributed by atoms with E-state index in [4.69, 9.17) is 0 Å². The number of hydrogen-bond donors (Lipinski definition) is 0. The van der Waals surface area contributed by atoms with Gasteiger partial charge < -0.3 is 0 Å². The van der Waals surface area contributed by atoms with Gasteiger partial charge >= 0.3 is 0 Å². The third kappa shape index (κ3) is 3.70. The second kappa shape index (κ2) is 6.76. The average molecular weight is 402 g/mol. The van der Waals surface area contributed by atoms with Crippen molar-refractivity contribution in [2.24, 2.45) is 0 Å². The number of hydrogen-bond acceptors (Lipinski definition) is 3. The number of rotatable bonds is 4. The number of nitrogens with zero attached hydrogens (tertiary/aromatic N) is 2. The Labute approximate surface area is 150 Å². The van der Waals surface area contributed by atoms with E-state index in [1.165, 1.54) is 6.07 Å². The van der Waals surface area contributed by atoms with E-state index in [0.717, 1.165) is 47.3 Å². The molecule has 1 aromatic heterocycles. The minimum absolute atomic E-state index is 0.0315. The van der Waals surface area contributed by atoms with Crippen LogP contribution in [0.15, 0.2) is 47.4 Å². The van der Waals surface area contributed by atoms with Gasteiger partial charge in [-0.05, 0) is 30.3 Å². The van der Waals surface area contributed by atoms with Crippen LogP contribution in [0, 0.1) is 17.5 Å². The maximum absolute atomic E-state index is 14.2. The van der Waals surface area contributed by atoms with Crippen molar-refractivity contribution < 1.29 is 30.4 Å². The van der Waals surface area contributed by atoms with Gasteiger partial charge in [0.2, 0.25) is 0 Å². The molecule has 0 amide bonds. The zero-order valence-corrected chi connectivity index (χ0v) is 14.4. The molecule has 0 saturated heterocycles. The lowest BCUT2D eigenvalue weighted by Crippen LogP contribution is -2.03. The Morgan fingerprint density at radius 1 is 0.926 bits per heavy atom. The molecular formula is C17H11F5N2O2S. The standard InChI is InChI=1S/C17H11F5N2O2S/c1-27(25,26)16-5-2-9(6-13(16)20)15-8-14(17(21)22)23-24(15)10-3-4-11(18)12(19)7-10/h2-8,17H,1H3. The van der Waals surface area contributed by atoms with Crippen molar-refractivity contribution in [2.45, 2.75) is 11.3 Å². The molecule has 0 aliphatic rings. The van der Waals surface area contributed by atoms with E-state index in [2.05, 4.69) is 5.10 Å². The van der Waals surface area contributed by atoms with Gasteiger partial charge in [0.15, 0.2) is 21.5 Å². The lowest BCUT2D eigenvalue weighted by molar-refractivity contribution is 0.145. The first-order chi connectivity index (χ1) is 12.6. The fourth-order valence-corrected chi connectivity index (χ4v) is 3.21. The highest BCUT2D eigenvalue weighted by atomic mass is 32.2. The Morgan fingerprint density at radius 2 is 1.63 bits per heavy atom. The molecular weight excluding hydrogens is 391 g/mol. The Morgan fingerprint density at radius 3 is 2.19 bits per heavy atom. The Bertz CT molecular complexity index is 1130. The van der Waals surface area contributed by atoms with Crippen molar-refractivity contribution in [3.63, 3.8) is 0 Å². The van der Waals surface area contributed by atoms with Gasteiger partial charge in [0.05, 0.1) is 11.4 Å². The summed E-state index contributed by atoms with van der Waals surface area (Å²) in [4.78, 5) is -0.556. The van der Waals surface area contributed by atoms with Crippen LogP contribution in [0.3, 0.4) is 0 Å².